The zero-order valence-corrected chi connectivity index (χ0v) is 10.1. The Hall–Kier alpha value is -1.35. The van der Waals surface area contributed by atoms with Crippen LogP contribution in [0.3, 0.4) is 0 Å². The number of pyridine rings is 1. The van der Waals surface area contributed by atoms with Crippen molar-refractivity contribution in [1.82, 2.24) is 10.3 Å². The molecule has 0 fully saturated rings. The first-order chi connectivity index (χ1) is 7.77. The van der Waals surface area contributed by atoms with Gasteiger partial charge in [0.25, 0.3) is 0 Å². The molecule has 0 amide bonds. The van der Waals surface area contributed by atoms with E-state index >= 15 is 0 Å². The van der Waals surface area contributed by atoms with Crippen molar-refractivity contribution < 1.29 is 4.74 Å². The van der Waals surface area contributed by atoms with Gasteiger partial charge in [0.1, 0.15) is 12.4 Å². The minimum absolute atomic E-state index is 0.519. The monoisotopic (exact) mass is 220 g/mol. The molecule has 0 spiro atoms. The van der Waals surface area contributed by atoms with E-state index in [9.17, 15) is 0 Å². The minimum Gasteiger partial charge on any atom is -0.488 e. The summed E-state index contributed by atoms with van der Waals surface area (Å²) in [6.45, 7) is 10.0. The van der Waals surface area contributed by atoms with Gasteiger partial charge in [-0.15, -0.1) is 0 Å². The van der Waals surface area contributed by atoms with Crippen molar-refractivity contribution in [3.05, 3.63) is 36.2 Å². The van der Waals surface area contributed by atoms with Gasteiger partial charge in [-0.3, -0.25) is 4.98 Å². The quantitative estimate of drug-likeness (QED) is 0.566. The molecular formula is C13H20N2O. The second-order valence-corrected chi connectivity index (χ2v) is 3.67. The van der Waals surface area contributed by atoms with Crippen molar-refractivity contribution in [3.63, 3.8) is 0 Å². The third kappa shape index (κ3) is 4.03. The van der Waals surface area contributed by atoms with E-state index in [-0.39, 0.29) is 0 Å². The van der Waals surface area contributed by atoms with Crippen LogP contribution in [0.15, 0.2) is 24.8 Å². The summed E-state index contributed by atoms with van der Waals surface area (Å²) in [5.41, 5.74) is 1.98. The lowest BCUT2D eigenvalue weighted by Gasteiger charge is -2.10. The molecule has 88 valence electrons. The molecule has 0 unspecified atom stereocenters. The van der Waals surface area contributed by atoms with Gasteiger partial charge in [-0.05, 0) is 32.0 Å². The number of nitrogens with one attached hydrogen (secondary N) is 1. The summed E-state index contributed by atoms with van der Waals surface area (Å²) in [5.74, 6) is 0.842. The Bertz CT molecular complexity index is 337. The highest BCUT2D eigenvalue weighted by molar-refractivity contribution is 5.29. The zero-order valence-electron chi connectivity index (χ0n) is 10.1. The first-order valence-corrected chi connectivity index (χ1v) is 5.68. The molecule has 1 heterocycles. The Morgan fingerprint density at radius 2 is 2.31 bits per heavy atom. The molecule has 0 saturated heterocycles. The zero-order chi connectivity index (χ0) is 11.8. The summed E-state index contributed by atoms with van der Waals surface area (Å²) in [5, 5.41) is 3.33. The summed E-state index contributed by atoms with van der Waals surface area (Å²) < 4.78 is 5.55. The number of rotatable bonds is 7. The number of ether oxygens (including phenoxy) is 1. The maximum Gasteiger partial charge on any atom is 0.142 e. The normalized spacial score (nSPS) is 10.1. The van der Waals surface area contributed by atoms with Crippen molar-refractivity contribution in [2.75, 3.05) is 13.2 Å². The largest absolute Gasteiger partial charge is 0.488 e. The lowest BCUT2D eigenvalue weighted by molar-refractivity contribution is 0.355. The second kappa shape index (κ2) is 7.01. The Balaban J connectivity index is 2.68. The number of hydrogen-bond donors (Lipinski definition) is 1. The smallest absolute Gasteiger partial charge is 0.142 e. The Morgan fingerprint density at radius 3 is 3.00 bits per heavy atom. The summed E-state index contributed by atoms with van der Waals surface area (Å²) in [6, 6.07) is 3.93. The summed E-state index contributed by atoms with van der Waals surface area (Å²) in [6.07, 6.45) is 2.86. The third-order valence-corrected chi connectivity index (χ3v) is 2.15. The van der Waals surface area contributed by atoms with Crippen LogP contribution in [0.1, 0.15) is 24.7 Å². The second-order valence-electron chi connectivity index (χ2n) is 3.67. The Kier molecular flexibility index (Phi) is 5.57. The van der Waals surface area contributed by atoms with Crippen molar-refractivity contribution in [1.29, 1.82) is 0 Å². The summed E-state index contributed by atoms with van der Waals surface area (Å²) in [4.78, 5) is 4.48. The Labute approximate surface area is 97.5 Å². The van der Waals surface area contributed by atoms with Gasteiger partial charge in [0, 0.05) is 12.2 Å². The highest BCUT2D eigenvalue weighted by Gasteiger charge is 2.04. The van der Waals surface area contributed by atoms with Crippen molar-refractivity contribution in [2.45, 2.75) is 26.8 Å². The van der Waals surface area contributed by atoms with Gasteiger partial charge in [0.05, 0.1) is 5.69 Å². The minimum atomic E-state index is 0.519. The van der Waals surface area contributed by atoms with Gasteiger partial charge in [0.2, 0.25) is 0 Å². The maximum absolute atomic E-state index is 5.55. The standard InChI is InChI=1S/C13H20N2O/c1-4-8-14-10-12-13(16-9-5-2)7-6-11(3)15-12/h5-7,14H,2,4,8-10H2,1,3H3. The fourth-order valence-electron chi connectivity index (χ4n) is 1.39. The summed E-state index contributed by atoms with van der Waals surface area (Å²) in [7, 11) is 0. The molecule has 0 aliphatic heterocycles. The van der Waals surface area contributed by atoms with E-state index < -0.39 is 0 Å². The van der Waals surface area contributed by atoms with E-state index in [1.54, 1.807) is 6.08 Å². The fraction of sp³-hybridized carbons (Fsp3) is 0.462. The van der Waals surface area contributed by atoms with Gasteiger partial charge in [-0.25, -0.2) is 0 Å². The summed E-state index contributed by atoms with van der Waals surface area (Å²) >= 11 is 0. The Morgan fingerprint density at radius 1 is 1.50 bits per heavy atom. The van der Waals surface area contributed by atoms with Crippen LogP contribution in [0.2, 0.25) is 0 Å². The van der Waals surface area contributed by atoms with Crippen LogP contribution in [-0.4, -0.2) is 18.1 Å². The molecule has 0 bridgehead atoms. The molecule has 1 aromatic rings. The maximum atomic E-state index is 5.55. The molecule has 0 atom stereocenters. The average molecular weight is 220 g/mol. The van der Waals surface area contributed by atoms with Crippen molar-refractivity contribution >= 4 is 0 Å². The molecule has 16 heavy (non-hydrogen) atoms. The lowest BCUT2D eigenvalue weighted by atomic mass is 10.2. The van der Waals surface area contributed by atoms with Crippen molar-refractivity contribution in [2.24, 2.45) is 0 Å². The van der Waals surface area contributed by atoms with Crippen LogP contribution in [0, 0.1) is 6.92 Å². The molecule has 0 saturated carbocycles. The number of aromatic nitrogens is 1. The first kappa shape index (κ1) is 12.7. The molecular weight excluding hydrogens is 200 g/mol. The van der Waals surface area contributed by atoms with E-state index in [1.165, 1.54) is 0 Å². The lowest BCUT2D eigenvalue weighted by Crippen LogP contribution is -2.16. The number of aryl methyl sites for hydroxylation is 1. The van der Waals surface area contributed by atoms with E-state index in [1.807, 2.05) is 19.1 Å². The van der Waals surface area contributed by atoms with Crippen LogP contribution in [0.5, 0.6) is 5.75 Å². The highest BCUT2D eigenvalue weighted by Crippen LogP contribution is 2.16. The van der Waals surface area contributed by atoms with E-state index in [0.717, 1.165) is 36.6 Å². The average Bonchev–Trinajstić information content (AvgIpc) is 2.28. The predicted molar refractivity (Wildman–Crippen MR) is 66.7 cm³/mol. The van der Waals surface area contributed by atoms with E-state index in [2.05, 4.69) is 23.8 Å². The van der Waals surface area contributed by atoms with E-state index in [4.69, 9.17) is 4.74 Å². The molecule has 0 aliphatic carbocycles. The molecule has 3 nitrogen and oxygen atoms in total. The fourth-order valence-corrected chi connectivity index (χ4v) is 1.39. The topological polar surface area (TPSA) is 34.1 Å². The number of nitrogens with zero attached hydrogens (tertiary/aromatic N) is 1. The molecule has 0 aromatic carbocycles. The van der Waals surface area contributed by atoms with Gasteiger partial charge < -0.3 is 10.1 Å². The molecule has 1 rings (SSSR count). The van der Waals surface area contributed by atoms with Crippen LogP contribution < -0.4 is 10.1 Å². The SMILES string of the molecule is C=CCOc1ccc(C)nc1CNCCC. The van der Waals surface area contributed by atoms with Crippen LogP contribution in [-0.2, 0) is 6.54 Å². The van der Waals surface area contributed by atoms with E-state index in [0.29, 0.717) is 6.61 Å². The van der Waals surface area contributed by atoms with Crippen LogP contribution in [0.4, 0.5) is 0 Å². The number of hydrogen-bond acceptors (Lipinski definition) is 3. The van der Waals surface area contributed by atoms with Gasteiger partial charge in [0.15, 0.2) is 0 Å². The third-order valence-electron chi connectivity index (χ3n) is 2.15. The van der Waals surface area contributed by atoms with Crippen molar-refractivity contribution in [3.8, 4) is 5.75 Å². The molecule has 3 heteroatoms. The molecule has 1 aromatic heterocycles. The van der Waals surface area contributed by atoms with Crippen LogP contribution in [0.25, 0.3) is 0 Å². The molecule has 0 aliphatic rings. The molecule has 0 radical (unpaired) electrons. The predicted octanol–water partition coefficient (Wildman–Crippen LogP) is 2.45. The van der Waals surface area contributed by atoms with Gasteiger partial charge >= 0.3 is 0 Å². The molecule has 1 N–H and O–H groups in total. The van der Waals surface area contributed by atoms with Crippen LogP contribution >= 0.6 is 0 Å². The highest BCUT2D eigenvalue weighted by atomic mass is 16.5. The van der Waals surface area contributed by atoms with Gasteiger partial charge in [-0.2, -0.15) is 0 Å². The first-order valence-electron chi connectivity index (χ1n) is 5.68. The van der Waals surface area contributed by atoms with Gasteiger partial charge in [-0.1, -0.05) is 19.6 Å².